The lowest BCUT2D eigenvalue weighted by atomic mass is 9.89. The molecule has 124 valence electrons. The van der Waals surface area contributed by atoms with Crippen LogP contribution in [0.25, 0.3) is 0 Å². The van der Waals surface area contributed by atoms with Crippen LogP contribution >= 0.6 is 0 Å². The Balaban J connectivity index is 1.76. The van der Waals surface area contributed by atoms with Crippen LogP contribution in [0.4, 0.5) is 10.5 Å². The third-order valence-electron chi connectivity index (χ3n) is 4.46. The summed E-state index contributed by atoms with van der Waals surface area (Å²) in [4.78, 5) is 25.0. The first-order valence-electron chi connectivity index (χ1n) is 8.17. The zero-order chi connectivity index (χ0) is 16.2. The third-order valence-corrected chi connectivity index (χ3v) is 4.46. The van der Waals surface area contributed by atoms with Crippen LogP contribution in [0.15, 0.2) is 24.3 Å². The van der Waals surface area contributed by atoms with Crippen LogP contribution in [0.5, 0.6) is 0 Å². The van der Waals surface area contributed by atoms with Crippen molar-refractivity contribution in [3.63, 3.8) is 0 Å². The van der Waals surface area contributed by atoms with Crippen LogP contribution in [-0.2, 0) is 9.53 Å². The van der Waals surface area contributed by atoms with Gasteiger partial charge in [0.05, 0.1) is 18.8 Å². The molecule has 6 heteroatoms. The molecule has 0 unspecified atom stereocenters. The van der Waals surface area contributed by atoms with Crippen molar-refractivity contribution in [3.05, 3.63) is 29.8 Å². The maximum Gasteiger partial charge on any atom is 0.414 e. The maximum absolute atomic E-state index is 12.2. The number of amides is 2. The number of piperidine rings is 1. The lowest BCUT2D eigenvalue weighted by Crippen LogP contribution is -2.33. The van der Waals surface area contributed by atoms with Gasteiger partial charge in [0, 0.05) is 6.92 Å². The number of rotatable bonds is 4. The molecule has 1 aromatic rings. The van der Waals surface area contributed by atoms with Crippen LogP contribution in [0, 0.1) is 0 Å². The maximum atomic E-state index is 12.2. The molecule has 2 heterocycles. The van der Waals surface area contributed by atoms with E-state index in [1.807, 2.05) is 18.2 Å². The standard InChI is InChI=1S/C17H23N3O3/c1-12(21)19-10-14-11-20(17(22)23-14)16-5-3-2-4-15(16)13-6-8-18-9-7-13/h2-5,13-14,18H,6-11H2,1H3,(H,19,21)/t14-/m0/s1. The topological polar surface area (TPSA) is 70.7 Å². The Labute approximate surface area is 136 Å². The summed E-state index contributed by atoms with van der Waals surface area (Å²) in [6, 6.07) is 8.07. The average molecular weight is 317 g/mol. The molecule has 2 amide bonds. The highest BCUT2D eigenvalue weighted by Crippen LogP contribution is 2.34. The highest BCUT2D eigenvalue weighted by molar-refractivity contribution is 5.91. The van der Waals surface area contributed by atoms with E-state index in [2.05, 4.69) is 16.7 Å². The van der Waals surface area contributed by atoms with Crippen molar-refractivity contribution in [1.29, 1.82) is 0 Å². The molecule has 2 saturated heterocycles. The van der Waals surface area contributed by atoms with E-state index in [0.717, 1.165) is 31.6 Å². The minimum absolute atomic E-state index is 0.116. The second-order valence-corrected chi connectivity index (χ2v) is 6.14. The molecule has 6 nitrogen and oxygen atoms in total. The Morgan fingerprint density at radius 3 is 2.83 bits per heavy atom. The summed E-state index contributed by atoms with van der Waals surface area (Å²) in [6.45, 7) is 4.30. The number of cyclic esters (lactones) is 1. The van der Waals surface area contributed by atoms with Crippen molar-refractivity contribution in [2.75, 3.05) is 31.1 Å². The molecule has 2 fully saturated rings. The van der Waals surface area contributed by atoms with Gasteiger partial charge in [0.1, 0.15) is 6.10 Å². The third kappa shape index (κ3) is 3.64. The number of carbonyl (C=O) groups is 2. The molecule has 1 aromatic carbocycles. The Morgan fingerprint density at radius 2 is 2.09 bits per heavy atom. The van der Waals surface area contributed by atoms with E-state index < -0.39 is 0 Å². The number of hydrogen-bond donors (Lipinski definition) is 2. The van der Waals surface area contributed by atoms with Crippen LogP contribution < -0.4 is 15.5 Å². The summed E-state index contributed by atoms with van der Waals surface area (Å²) < 4.78 is 5.38. The molecule has 3 rings (SSSR count). The molecule has 0 saturated carbocycles. The number of nitrogens with zero attached hydrogens (tertiary/aromatic N) is 1. The predicted octanol–water partition coefficient (Wildman–Crippen LogP) is 1.61. The fourth-order valence-electron chi connectivity index (χ4n) is 3.29. The smallest absolute Gasteiger partial charge is 0.414 e. The Kier molecular flexibility index (Phi) is 4.81. The van der Waals surface area contributed by atoms with E-state index in [1.165, 1.54) is 12.5 Å². The fourth-order valence-corrected chi connectivity index (χ4v) is 3.29. The summed E-state index contributed by atoms with van der Waals surface area (Å²) in [7, 11) is 0. The number of ether oxygens (including phenoxy) is 1. The zero-order valence-corrected chi connectivity index (χ0v) is 13.4. The monoisotopic (exact) mass is 317 g/mol. The molecule has 2 aliphatic rings. The largest absolute Gasteiger partial charge is 0.442 e. The number of hydrogen-bond acceptors (Lipinski definition) is 4. The van der Waals surface area contributed by atoms with Gasteiger partial charge in [0.2, 0.25) is 5.91 Å². The average Bonchev–Trinajstić information content (AvgIpc) is 2.94. The van der Waals surface area contributed by atoms with E-state index in [1.54, 1.807) is 4.90 Å². The molecule has 2 aliphatic heterocycles. The van der Waals surface area contributed by atoms with Crippen LogP contribution in [0.3, 0.4) is 0 Å². The number of carbonyl (C=O) groups excluding carboxylic acids is 2. The molecule has 23 heavy (non-hydrogen) atoms. The Bertz CT molecular complexity index is 584. The van der Waals surface area contributed by atoms with Gasteiger partial charge in [0.15, 0.2) is 0 Å². The van der Waals surface area contributed by atoms with E-state index in [9.17, 15) is 9.59 Å². The summed E-state index contributed by atoms with van der Waals surface area (Å²) >= 11 is 0. The van der Waals surface area contributed by atoms with E-state index in [4.69, 9.17) is 4.74 Å². The Morgan fingerprint density at radius 1 is 1.35 bits per heavy atom. The first-order chi connectivity index (χ1) is 11.1. The summed E-state index contributed by atoms with van der Waals surface area (Å²) in [5, 5.41) is 6.08. The van der Waals surface area contributed by atoms with Gasteiger partial charge in [-0.2, -0.15) is 0 Å². The molecule has 0 aliphatic carbocycles. The lowest BCUT2D eigenvalue weighted by Gasteiger charge is -2.27. The summed E-state index contributed by atoms with van der Waals surface area (Å²) in [5.41, 5.74) is 2.15. The summed E-state index contributed by atoms with van der Waals surface area (Å²) in [5.74, 6) is 0.351. The van der Waals surface area contributed by atoms with Gasteiger partial charge in [-0.05, 0) is 43.5 Å². The van der Waals surface area contributed by atoms with Gasteiger partial charge >= 0.3 is 6.09 Å². The van der Waals surface area contributed by atoms with Gasteiger partial charge in [-0.25, -0.2) is 4.79 Å². The van der Waals surface area contributed by atoms with Crippen molar-refractivity contribution < 1.29 is 14.3 Å². The van der Waals surface area contributed by atoms with Gasteiger partial charge in [-0.15, -0.1) is 0 Å². The van der Waals surface area contributed by atoms with E-state index in [-0.39, 0.29) is 18.1 Å². The van der Waals surface area contributed by atoms with Crippen LogP contribution in [0.1, 0.15) is 31.2 Å². The molecule has 2 N–H and O–H groups in total. The molecule has 0 radical (unpaired) electrons. The Hall–Kier alpha value is -2.08. The first kappa shape index (κ1) is 15.8. The lowest BCUT2D eigenvalue weighted by molar-refractivity contribution is -0.119. The molecule has 1 atom stereocenters. The first-order valence-corrected chi connectivity index (χ1v) is 8.17. The highest BCUT2D eigenvalue weighted by atomic mass is 16.6. The zero-order valence-electron chi connectivity index (χ0n) is 13.4. The van der Waals surface area contributed by atoms with Crippen molar-refractivity contribution in [1.82, 2.24) is 10.6 Å². The highest BCUT2D eigenvalue weighted by Gasteiger charge is 2.34. The SMILES string of the molecule is CC(=O)NC[C@H]1CN(c2ccccc2C2CCNCC2)C(=O)O1. The quantitative estimate of drug-likeness (QED) is 0.885. The van der Waals surface area contributed by atoms with Crippen molar-refractivity contribution in [3.8, 4) is 0 Å². The minimum atomic E-state index is -0.332. The van der Waals surface area contributed by atoms with Crippen molar-refractivity contribution in [2.24, 2.45) is 0 Å². The second kappa shape index (κ2) is 7.00. The molecule has 0 spiro atoms. The van der Waals surface area contributed by atoms with Gasteiger partial charge in [-0.3, -0.25) is 9.69 Å². The molecular formula is C17H23N3O3. The second-order valence-electron chi connectivity index (χ2n) is 6.14. The molecule has 0 bridgehead atoms. The predicted molar refractivity (Wildman–Crippen MR) is 87.6 cm³/mol. The molecule has 0 aromatic heterocycles. The minimum Gasteiger partial charge on any atom is -0.442 e. The van der Waals surface area contributed by atoms with Crippen molar-refractivity contribution in [2.45, 2.75) is 31.8 Å². The van der Waals surface area contributed by atoms with E-state index in [0.29, 0.717) is 19.0 Å². The van der Waals surface area contributed by atoms with E-state index >= 15 is 0 Å². The number of benzene rings is 1. The number of para-hydroxylation sites is 1. The summed E-state index contributed by atoms with van der Waals surface area (Å²) in [6.07, 6.45) is 1.53. The van der Waals surface area contributed by atoms with Crippen molar-refractivity contribution >= 4 is 17.7 Å². The molecular weight excluding hydrogens is 294 g/mol. The number of anilines is 1. The van der Waals surface area contributed by atoms with Gasteiger partial charge in [0.25, 0.3) is 0 Å². The van der Waals surface area contributed by atoms with Gasteiger partial charge in [-0.1, -0.05) is 18.2 Å². The number of nitrogens with one attached hydrogen (secondary N) is 2. The normalized spacial score (nSPS) is 22.0. The van der Waals surface area contributed by atoms with Crippen LogP contribution in [0.2, 0.25) is 0 Å². The van der Waals surface area contributed by atoms with Crippen LogP contribution in [-0.4, -0.2) is 44.3 Å². The van der Waals surface area contributed by atoms with Gasteiger partial charge < -0.3 is 15.4 Å². The fraction of sp³-hybridized carbons (Fsp3) is 0.529.